The Morgan fingerprint density at radius 3 is 1.57 bits per heavy atom. The summed E-state index contributed by atoms with van der Waals surface area (Å²) in [5.74, 6) is 0. The van der Waals surface area contributed by atoms with E-state index in [2.05, 4.69) is 240 Å². The topological polar surface area (TPSA) is 21.3 Å². The lowest BCUT2D eigenvalue weighted by Crippen LogP contribution is -2.10. The second-order valence-electron chi connectivity index (χ2n) is 15.7. The summed E-state index contributed by atoms with van der Waals surface area (Å²) in [5.41, 5.74) is 15.6. The number of para-hydroxylation sites is 2. The lowest BCUT2D eigenvalue weighted by Gasteiger charge is -2.26. The molecule has 3 heteroatoms. The molecular formula is C58H38N2O. The van der Waals surface area contributed by atoms with Crippen molar-refractivity contribution in [3.63, 3.8) is 0 Å². The van der Waals surface area contributed by atoms with Gasteiger partial charge in [-0.05, 0) is 112 Å². The number of benzene rings is 10. The van der Waals surface area contributed by atoms with E-state index in [-0.39, 0.29) is 0 Å². The fourth-order valence-electron chi connectivity index (χ4n) is 9.29. The van der Waals surface area contributed by atoms with Gasteiger partial charge in [0.15, 0.2) is 0 Å². The molecule has 0 spiro atoms. The van der Waals surface area contributed by atoms with Crippen LogP contribution in [-0.2, 0) is 0 Å². The molecule has 10 aromatic carbocycles. The van der Waals surface area contributed by atoms with Crippen molar-refractivity contribution in [1.82, 2.24) is 4.57 Å². The second-order valence-corrected chi connectivity index (χ2v) is 15.7. The molecule has 3 nitrogen and oxygen atoms in total. The predicted octanol–water partition coefficient (Wildman–Crippen LogP) is 16.3. The van der Waals surface area contributed by atoms with Crippen LogP contribution in [0, 0.1) is 0 Å². The monoisotopic (exact) mass is 778 g/mol. The van der Waals surface area contributed by atoms with Gasteiger partial charge in [-0.2, -0.15) is 0 Å². The van der Waals surface area contributed by atoms with Crippen molar-refractivity contribution in [3.8, 4) is 39.1 Å². The second kappa shape index (κ2) is 14.3. The van der Waals surface area contributed by atoms with Gasteiger partial charge in [0, 0.05) is 49.7 Å². The van der Waals surface area contributed by atoms with Gasteiger partial charge in [0.05, 0.1) is 11.0 Å². The fourth-order valence-corrected chi connectivity index (χ4v) is 9.29. The van der Waals surface area contributed by atoms with Gasteiger partial charge in [-0.15, -0.1) is 0 Å². The van der Waals surface area contributed by atoms with Crippen LogP contribution in [-0.4, -0.2) is 4.57 Å². The summed E-state index contributed by atoms with van der Waals surface area (Å²) in [6.45, 7) is 0. The van der Waals surface area contributed by atoms with Gasteiger partial charge in [0.1, 0.15) is 11.2 Å². The first-order valence-electron chi connectivity index (χ1n) is 20.8. The summed E-state index contributed by atoms with van der Waals surface area (Å²) in [5, 5.41) is 7.06. The molecule has 0 unspecified atom stereocenters. The van der Waals surface area contributed by atoms with Gasteiger partial charge >= 0.3 is 0 Å². The molecule has 0 aliphatic heterocycles. The quantitative estimate of drug-likeness (QED) is 0.161. The maximum atomic E-state index is 6.60. The molecule has 0 radical (unpaired) electrons. The van der Waals surface area contributed by atoms with Crippen LogP contribution in [0.25, 0.3) is 93.6 Å². The number of anilines is 3. The Balaban J connectivity index is 0.976. The van der Waals surface area contributed by atoms with Crippen molar-refractivity contribution in [2.45, 2.75) is 0 Å². The van der Waals surface area contributed by atoms with E-state index < -0.39 is 0 Å². The number of furan rings is 1. The van der Waals surface area contributed by atoms with Gasteiger partial charge in [-0.25, -0.2) is 0 Å². The molecule has 61 heavy (non-hydrogen) atoms. The van der Waals surface area contributed by atoms with Gasteiger partial charge in [-0.3, -0.25) is 0 Å². The molecule has 0 amide bonds. The molecule has 0 bridgehead atoms. The summed E-state index contributed by atoms with van der Waals surface area (Å²) in [4.78, 5) is 2.36. The maximum Gasteiger partial charge on any atom is 0.143 e. The summed E-state index contributed by atoms with van der Waals surface area (Å²) >= 11 is 0. The van der Waals surface area contributed by atoms with E-state index in [9.17, 15) is 0 Å². The summed E-state index contributed by atoms with van der Waals surface area (Å²) < 4.78 is 8.98. The standard InChI is InChI=1S/C58H38N2O/c1-2-12-39(13-3-1)40-24-26-41(27-25-40)42-28-31-45(32-29-42)59(46-33-35-47(36-34-46)60-54-21-8-6-18-51(54)52-19-7-9-22-55(52)60)48-16-10-15-44(38-48)49-20-11-23-56-57(49)53-37-30-43-14-4-5-17-50(43)58(53)61-56/h1-38H. The molecule has 0 aliphatic rings. The van der Waals surface area contributed by atoms with Crippen LogP contribution in [0.5, 0.6) is 0 Å². The van der Waals surface area contributed by atoms with Gasteiger partial charge in [-0.1, -0.05) is 158 Å². The molecule has 0 N–H and O–H groups in total. The Bertz CT molecular complexity index is 3510. The lowest BCUT2D eigenvalue weighted by molar-refractivity contribution is 0.673. The highest BCUT2D eigenvalue weighted by atomic mass is 16.3. The molecule has 0 saturated heterocycles. The van der Waals surface area contributed by atoms with Crippen LogP contribution >= 0.6 is 0 Å². The third-order valence-electron chi connectivity index (χ3n) is 12.2. The largest absolute Gasteiger partial charge is 0.455 e. The lowest BCUT2D eigenvalue weighted by atomic mass is 9.97. The molecular weight excluding hydrogens is 741 g/mol. The Kier molecular flexibility index (Phi) is 8.17. The van der Waals surface area contributed by atoms with Crippen molar-refractivity contribution in [2.24, 2.45) is 0 Å². The van der Waals surface area contributed by atoms with Crippen LogP contribution in [0.2, 0.25) is 0 Å². The first-order valence-corrected chi connectivity index (χ1v) is 20.8. The van der Waals surface area contributed by atoms with E-state index in [0.29, 0.717) is 0 Å². The van der Waals surface area contributed by atoms with Crippen LogP contribution in [0.4, 0.5) is 17.1 Å². The average Bonchev–Trinajstić information content (AvgIpc) is 3.89. The van der Waals surface area contributed by atoms with E-state index in [1.165, 1.54) is 49.4 Å². The highest BCUT2D eigenvalue weighted by molar-refractivity contribution is 6.19. The van der Waals surface area contributed by atoms with Crippen LogP contribution in [0.3, 0.4) is 0 Å². The van der Waals surface area contributed by atoms with Gasteiger partial charge in [0.2, 0.25) is 0 Å². The molecule has 0 fully saturated rings. The van der Waals surface area contributed by atoms with Crippen molar-refractivity contribution in [1.29, 1.82) is 0 Å². The Hall–Kier alpha value is -8.14. The highest BCUT2D eigenvalue weighted by Gasteiger charge is 2.19. The zero-order valence-corrected chi connectivity index (χ0v) is 33.2. The SMILES string of the molecule is c1ccc(-c2ccc(-c3ccc(N(c4ccc(-n5c6ccccc6c6ccccc65)cc4)c4cccc(-c5cccc6oc7c8ccccc8ccc7c56)c4)cc3)cc2)cc1. The maximum absolute atomic E-state index is 6.60. The average molecular weight is 779 g/mol. The summed E-state index contributed by atoms with van der Waals surface area (Å²) in [7, 11) is 0. The number of rotatable bonds is 7. The summed E-state index contributed by atoms with van der Waals surface area (Å²) in [6.07, 6.45) is 0. The fraction of sp³-hybridized carbons (Fsp3) is 0. The van der Waals surface area contributed by atoms with E-state index in [0.717, 1.165) is 61.2 Å². The van der Waals surface area contributed by atoms with Crippen LogP contribution < -0.4 is 4.90 Å². The zero-order chi connectivity index (χ0) is 40.3. The minimum absolute atomic E-state index is 0.888. The molecule has 2 heterocycles. The number of aromatic nitrogens is 1. The van der Waals surface area contributed by atoms with Gasteiger partial charge in [0.25, 0.3) is 0 Å². The Morgan fingerprint density at radius 2 is 0.885 bits per heavy atom. The molecule has 12 rings (SSSR count). The first kappa shape index (κ1) is 34.9. The van der Waals surface area contributed by atoms with Crippen molar-refractivity contribution < 1.29 is 4.42 Å². The van der Waals surface area contributed by atoms with E-state index in [4.69, 9.17) is 4.42 Å². The first-order chi connectivity index (χ1) is 30.2. The minimum Gasteiger partial charge on any atom is -0.455 e. The summed E-state index contributed by atoms with van der Waals surface area (Å²) in [6, 6.07) is 82.8. The molecule has 286 valence electrons. The van der Waals surface area contributed by atoms with E-state index >= 15 is 0 Å². The van der Waals surface area contributed by atoms with Crippen molar-refractivity contribution in [2.75, 3.05) is 4.90 Å². The predicted molar refractivity (Wildman–Crippen MR) is 257 cm³/mol. The Morgan fingerprint density at radius 1 is 0.344 bits per heavy atom. The zero-order valence-electron chi connectivity index (χ0n) is 33.2. The van der Waals surface area contributed by atoms with E-state index in [1.807, 2.05) is 0 Å². The smallest absolute Gasteiger partial charge is 0.143 e. The highest BCUT2D eigenvalue weighted by Crippen LogP contribution is 2.43. The third kappa shape index (κ3) is 5.90. The molecule has 0 saturated carbocycles. The van der Waals surface area contributed by atoms with Crippen LogP contribution in [0.1, 0.15) is 0 Å². The molecule has 12 aromatic rings. The third-order valence-corrected chi connectivity index (χ3v) is 12.2. The normalized spacial score (nSPS) is 11.6. The number of nitrogens with zero attached hydrogens (tertiary/aromatic N) is 2. The molecule has 0 aliphatic carbocycles. The van der Waals surface area contributed by atoms with Crippen molar-refractivity contribution >= 4 is 71.6 Å². The minimum atomic E-state index is 0.888. The number of hydrogen-bond acceptors (Lipinski definition) is 2. The van der Waals surface area contributed by atoms with E-state index in [1.54, 1.807) is 0 Å². The Labute approximate surface area is 353 Å². The molecule has 2 aromatic heterocycles. The molecule has 0 atom stereocenters. The van der Waals surface area contributed by atoms with Gasteiger partial charge < -0.3 is 13.9 Å². The van der Waals surface area contributed by atoms with Crippen LogP contribution in [0.15, 0.2) is 235 Å². The number of hydrogen-bond donors (Lipinski definition) is 0. The van der Waals surface area contributed by atoms with Crippen molar-refractivity contribution in [3.05, 3.63) is 231 Å². The number of fused-ring (bicyclic) bond motifs is 8.